The molecule has 0 aromatic carbocycles. The number of carboxylic acid groups (broad SMARTS) is 1. The highest BCUT2D eigenvalue weighted by Crippen LogP contribution is 2.13. The topological polar surface area (TPSA) is 89.3 Å². The standard InChI is InChI=1S/C16H34N2O2/c1-2-3-4-5-6-7-8-9-10-11-12-13-14-16(17,18)15(19)20/h2-14,17-18H2,1H3,(H,19,20). The van der Waals surface area contributed by atoms with Crippen molar-refractivity contribution >= 4 is 5.97 Å². The van der Waals surface area contributed by atoms with E-state index < -0.39 is 11.6 Å². The number of carboxylic acids is 1. The summed E-state index contributed by atoms with van der Waals surface area (Å²) in [6, 6.07) is 0. The fourth-order valence-electron chi connectivity index (χ4n) is 2.37. The molecule has 20 heavy (non-hydrogen) atoms. The summed E-state index contributed by atoms with van der Waals surface area (Å²) in [4.78, 5) is 10.7. The summed E-state index contributed by atoms with van der Waals surface area (Å²) in [5.41, 5.74) is 9.39. The third-order valence-corrected chi connectivity index (χ3v) is 3.84. The van der Waals surface area contributed by atoms with Crippen molar-refractivity contribution in [1.29, 1.82) is 0 Å². The third kappa shape index (κ3) is 11.2. The van der Waals surface area contributed by atoms with Crippen LogP contribution in [0.4, 0.5) is 0 Å². The SMILES string of the molecule is CCCCCCCCCCCCCCC(N)(N)C(=O)O. The molecule has 0 aliphatic carbocycles. The van der Waals surface area contributed by atoms with E-state index in [2.05, 4.69) is 6.92 Å². The first kappa shape index (κ1) is 19.4. The van der Waals surface area contributed by atoms with Crippen LogP contribution in [0.1, 0.15) is 90.4 Å². The van der Waals surface area contributed by atoms with E-state index in [0.717, 1.165) is 19.3 Å². The number of nitrogens with two attached hydrogens (primary N) is 2. The van der Waals surface area contributed by atoms with Gasteiger partial charge in [0.1, 0.15) is 0 Å². The molecule has 0 unspecified atom stereocenters. The Bertz CT molecular complexity index is 243. The lowest BCUT2D eigenvalue weighted by Gasteiger charge is -2.18. The van der Waals surface area contributed by atoms with Crippen molar-refractivity contribution in [2.45, 2.75) is 96.1 Å². The minimum absolute atomic E-state index is 0.361. The van der Waals surface area contributed by atoms with E-state index in [4.69, 9.17) is 16.6 Å². The second-order valence-electron chi connectivity index (χ2n) is 5.98. The number of hydrogen-bond acceptors (Lipinski definition) is 3. The molecule has 0 atom stereocenters. The summed E-state index contributed by atoms with van der Waals surface area (Å²) in [5, 5.41) is 8.77. The Kier molecular flexibility index (Phi) is 11.8. The predicted molar refractivity (Wildman–Crippen MR) is 84.4 cm³/mol. The van der Waals surface area contributed by atoms with Gasteiger partial charge >= 0.3 is 5.97 Å². The van der Waals surface area contributed by atoms with Crippen LogP contribution in [-0.2, 0) is 4.79 Å². The van der Waals surface area contributed by atoms with Gasteiger partial charge in [-0.3, -0.25) is 0 Å². The first-order chi connectivity index (χ1) is 9.50. The quantitative estimate of drug-likeness (QED) is 0.335. The number of hydrogen-bond donors (Lipinski definition) is 3. The zero-order valence-corrected chi connectivity index (χ0v) is 13.2. The van der Waals surface area contributed by atoms with Crippen LogP contribution in [0.2, 0.25) is 0 Å². The van der Waals surface area contributed by atoms with Gasteiger partial charge in [0.15, 0.2) is 5.66 Å². The Morgan fingerprint density at radius 3 is 1.50 bits per heavy atom. The minimum atomic E-state index is -1.54. The Hall–Kier alpha value is -0.610. The van der Waals surface area contributed by atoms with Crippen LogP contribution < -0.4 is 11.5 Å². The Labute approximate surface area is 124 Å². The molecule has 0 rings (SSSR count). The molecule has 4 nitrogen and oxygen atoms in total. The van der Waals surface area contributed by atoms with Gasteiger partial charge in [0, 0.05) is 0 Å². The van der Waals surface area contributed by atoms with E-state index in [0.29, 0.717) is 6.42 Å². The van der Waals surface area contributed by atoms with Crippen molar-refractivity contribution in [3.8, 4) is 0 Å². The molecule has 0 saturated heterocycles. The molecule has 0 heterocycles. The summed E-state index contributed by atoms with van der Waals surface area (Å²) in [7, 11) is 0. The zero-order valence-electron chi connectivity index (χ0n) is 13.2. The second-order valence-corrected chi connectivity index (χ2v) is 5.98. The van der Waals surface area contributed by atoms with E-state index in [1.807, 2.05) is 0 Å². The molecule has 0 fully saturated rings. The molecule has 0 aromatic heterocycles. The monoisotopic (exact) mass is 286 g/mol. The highest BCUT2D eigenvalue weighted by atomic mass is 16.4. The highest BCUT2D eigenvalue weighted by Gasteiger charge is 2.27. The maximum atomic E-state index is 10.7. The average molecular weight is 286 g/mol. The van der Waals surface area contributed by atoms with Crippen LogP contribution in [0.3, 0.4) is 0 Å². The Morgan fingerprint density at radius 1 is 0.800 bits per heavy atom. The number of aliphatic carboxylic acids is 1. The molecule has 0 aromatic rings. The number of carbonyl (C=O) groups is 1. The molecule has 0 spiro atoms. The van der Waals surface area contributed by atoms with Crippen molar-refractivity contribution in [3.05, 3.63) is 0 Å². The zero-order chi connectivity index (χ0) is 15.3. The first-order valence-corrected chi connectivity index (χ1v) is 8.32. The molecule has 120 valence electrons. The molecular weight excluding hydrogens is 252 g/mol. The van der Waals surface area contributed by atoms with E-state index in [-0.39, 0.29) is 0 Å². The third-order valence-electron chi connectivity index (χ3n) is 3.84. The van der Waals surface area contributed by atoms with Crippen LogP contribution in [-0.4, -0.2) is 16.7 Å². The normalized spacial score (nSPS) is 11.8. The Morgan fingerprint density at radius 2 is 1.15 bits per heavy atom. The lowest BCUT2D eigenvalue weighted by Crippen LogP contribution is -2.56. The van der Waals surface area contributed by atoms with Crippen molar-refractivity contribution in [3.63, 3.8) is 0 Å². The molecule has 0 amide bonds. The highest BCUT2D eigenvalue weighted by molar-refractivity contribution is 5.77. The van der Waals surface area contributed by atoms with Gasteiger partial charge in [0.25, 0.3) is 0 Å². The summed E-state index contributed by atoms with van der Waals surface area (Å²) in [6.07, 6.45) is 15.4. The van der Waals surface area contributed by atoms with Gasteiger partial charge in [0.05, 0.1) is 0 Å². The first-order valence-electron chi connectivity index (χ1n) is 8.32. The molecule has 0 aliphatic heterocycles. The lowest BCUT2D eigenvalue weighted by atomic mass is 10.0. The fraction of sp³-hybridized carbons (Fsp3) is 0.938. The van der Waals surface area contributed by atoms with Crippen LogP contribution >= 0.6 is 0 Å². The summed E-state index contributed by atoms with van der Waals surface area (Å²) < 4.78 is 0. The minimum Gasteiger partial charge on any atom is -0.479 e. The van der Waals surface area contributed by atoms with Crippen molar-refractivity contribution in [1.82, 2.24) is 0 Å². The van der Waals surface area contributed by atoms with Gasteiger partial charge in [-0.05, 0) is 12.8 Å². The van der Waals surface area contributed by atoms with Crippen molar-refractivity contribution < 1.29 is 9.90 Å². The molecular formula is C16H34N2O2. The maximum absolute atomic E-state index is 10.7. The van der Waals surface area contributed by atoms with Gasteiger partial charge in [-0.2, -0.15) is 0 Å². The Balaban J connectivity index is 3.19. The number of unbranched alkanes of at least 4 members (excludes halogenated alkanes) is 11. The van der Waals surface area contributed by atoms with Crippen LogP contribution in [0.15, 0.2) is 0 Å². The van der Waals surface area contributed by atoms with Gasteiger partial charge in [-0.25, -0.2) is 4.79 Å². The van der Waals surface area contributed by atoms with Gasteiger partial charge in [-0.1, -0.05) is 77.6 Å². The smallest absolute Gasteiger partial charge is 0.338 e. The van der Waals surface area contributed by atoms with Crippen LogP contribution in [0.5, 0.6) is 0 Å². The predicted octanol–water partition coefficient (Wildman–Crippen LogP) is 3.78. The molecule has 4 heteroatoms. The molecule has 5 N–H and O–H groups in total. The van der Waals surface area contributed by atoms with Gasteiger partial charge < -0.3 is 16.6 Å². The second kappa shape index (κ2) is 12.2. The van der Waals surface area contributed by atoms with Crippen molar-refractivity contribution in [2.75, 3.05) is 0 Å². The van der Waals surface area contributed by atoms with Gasteiger partial charge in [-0.15, -0.1) is 0 Å². The number of rotatable bonds is 14. The summed E-state index contributed by atoms with van der Waals surface area (Å²) in [6.45, 7) is 2.25. The fourth-order valence-corrected chi connectivity index (χ4v) is 2.37. The molecule has 0 radical (unpaired) electrons. The lowest BCUT2D eigenvalue weighted by molar-refractivity contribution is -0.143. The van der Waals surface area contributed by atoms with Crippen molar-refractivity contribution in [2.24, 2.45) is 11.5 Å². The van der Waals surface area contributed by atoms with E-state index in [1.165, 1.54) is 57.8 Å². The molecule has 0 aliphatic rings. The summed E-state index contributed by atoms with van der Waals surface area (Å²) in [5.74, 6) is -1.11. The molecule has 0 saturated carbocycles. The molecule has 0 bridgehead atoms. The largest absolute Gasteiger partial charge is 0.479 e. The van der Waals surface area contributed by atoms with E-state index in [9.17, 15) is 4.79 Å². The van der Waals surface area contributed by atoms with Crippen LogP contribution in [0.25, 0.3) is 0 Å². The average Bonchev–Trinajstić information content (AvgIpc) is 2.39. The van der Waals surface area contributed by atoms with E-state index >= 15 is 0 Å². The van der Waals surface area contributed by atoms with Crippen LogP contribution in [0, 0.1) is 0 Å². The summed E-state index contributed by atoms with van der Waals surface area (Å²) >= 11 is 0. The van der Waals surface area contributed by atoms with Gasteiger partial charge in [0.2, 0.25) is 0 Å². The maximum Gasteiger partial charge on any atom is 0.338 e. The van der Waals surface area contributed by atoms with E-state index in [1.54, 1.807) is 0 Å².